The number of carbonyl (C=O) groups excluding carboxylic acids is 1. The molecule has 1 fully saturated rings. The number of nitrogens with one attached hydrogen (secondary N) is 2. The summed E-state index contributed by atoms with van der Waals surface area (Å²) in [6.07, 6.45) is -3.53. The van der Waals surface area contributed by atoms with Gasteiger partial charge in [0.15, 0.2) is 6.61 Å². The molecule has 0 radical (unpaired) electrons. The van der Waals surface area contributed by atoms with E-state index in [-0.39, 0.29) is 23.6 Å². The number of halogens is 3. The van der Waals surface area contributed by atoms with Gasteiger partial charge in [-0.25, -0.2) is 0 Å². The second-order valence-electron chi connectivity index (χ2n) is 5.39. The first kappa shape index (κ1) is 16.6. The van der Waals surface area contributed by atoms with Crippen LogP contribution in [0.1, 0.15) is 24.9 Å². The molecule has 2 atom stereocenters. The second kappa shape index (κ2) is 7.00. The molecule has 2 N–H and O–H groups in total. The van der Waals surface area contributed by atoms with Crippen molar-refractivity contribution in [2.24, 2.45) is 5.92 Å². The molecule has 7 heteroatoms. The molecule has 1 heterocycles. The summed E-state index contributed by atoms with van der Waals surface area (Å²) < 4.78 is 40.8. The normalized spacial score (nSPS) is 19.7. The van der Waals surface area contributed by atoms with Crippen LogP contribution in [-0.2, 0) is 4.79 Å². The molecule has 0 saturated carbocycles. The predicted octanol–water partition coefficient (Wildman–Crippen LogP) is 2.41. The van der Waals surface area contributed by atoms with E-state index in [1.165, 1.54) is 12.1 Å². The molecule has 22 heavy (non-hydrogen) atoms. The molecule has 1 aromatic carbocycles. The Morgan fingerprint density at radius 3 is 2.64 bits per heavy atom. The highest BCUT2D eigenvalue weighted by atomic mass is 19.4. The van der Waals surface area contributed by atoms with E-state index in [2.05, 4.69) is 15.4 Å². The number of benzene rings is 1. The Balaban J connectivity index is 1.87. The molecule has 1 amide bonds. The summed E-state index contributed by atoms with van der Waals surface area (Å²) in [6, 6.07) is 6.05. The molecular weight excluding hydrogens is 297 g/mol. The first-order valence-corrected chi connectivity index (χ1v) is 7.16. The molecule has 4 nitrogen and oxygen atoms in total. The molecule has 0 aliphatic carbocycles. The van der Waals surface area contributed by atoms with Crippen molar-refractivity contribution < 1.29 is 22.7 Å². The summed E-state index contributed by atoms with van der Waals surface area (Å²) in [4.78, 5) is 12.0. The number of carbonyl (C=O) groups is 1. The number of amides is 1. The summed E-state index contributed by atoms with van der Waals surface area (Å²) in [5, 5.41) is 6.04. The van der Waals surface area contributed by atoms with E-state index < -0.39 is 12.8 Å². The Morgan fingerprint density at radius 2 is 2.09 bits per heavy atom. The number of hydrogen-bond acceptors (Lipinski definition) is 3. The fourth-order valence-electron chi connectivity index (χ4n) is 2.31. The monoisotopic (exact) mass is 316 g/mol. The van der Waals surface area contributed by atoms with Crippen LogP contribution in [0, 0.1) is 5.92 Å². The summed E-state index contributed by atoms with van der Waals surface area (Å²) in [5.74, 6) is 0.131. The maximum Gasteiger partial charge on any atom is 0.422 e. The SMILES string of the molecule is CC(NC(=O)C1CCNC1)c1ccc(OCC(F)(F)F)cc1. The smallest absolute Gasteiger partial charge is 0.422 e. The minimum absolute atomic E-state index is 0.00472. The van der Waals surface area contributed by atoms with Crippen LogP contribution in [0.5, 0.6) is 5.75 Å². The van der Waals surface area contributed by atoms with Crippen LogP contribution in [0.3, 0.4) is 0 Å². The first-order valence-electron chi connectivity index (χ1n) is 7.16. The lowest BCUT2D eigenvalue weighted by Crippen LogP contribution is -2.33. The molecule has 122 valence electrons. The number of ether oxygens (including phenoxy) is 1. The Morgan fingerprint density at radius 1 is 1.41 bits per heavy atom. The topological polar surface area (TPSA) is 50.4 Å². The lowest BCUT2D eigenvalue weighted by molar-refractivity contribution is -0.153. The lowest BCUT2D eigenvalue weighted by Gasteiger charge is -2.17. The number of alkyl halides is 3. The zero-order valence-electron chi connectivity index (χ0n) is 12.2. The average molecular weight is 316 g/mol. The molecule has 1 aromatic rings. The Bertz CT molecular complexity index is 497. The van der Waals surface area contributed by atoms with Gasteiger partial charge in [0.05, 0.1) is 12.0 Å². The molecule has 2 rings (SSSR count). The maximum atomic E-state index is 12.1. The van der Waals surface area contributed by atoms with Gasteiger partial charge >= 0.3 is 6.18 Å². The van der Waals surface area contributed by atoms with E-state index in [9.17, 15) is 18.0 Å². The van der Waals surface area contributed by atoms with Crippen molar-refractivity contribution in [2.45, 2.75) is 25.6 Å². The number of rotatable bonds is 5. The van der Waals surface area contributed by atoms with Gasteiger partial charge in [0, 0.05) is 6.54 Å². The highest BCUT2D eigenvalue weighted by Gasteiger charge is 2.28. The van der Waals surface area contributed by atoms with E-state index in [1.54, 1.807) is 12.1 Å². The van der Waals surface area contributed by atoms with Crippen molar-refractivity contribution in [2.75, 3.05) is 19.7 Å². The van der Waals surface area contributed by atoms with Gasteiger partial charge in [0.2, 0.25) is 5.91 Å². The zero-order valence-corrected chi connectivity index (χ0v) is 12.2. The van der Waals surface area contributed by atoms with Crippen LogP contribution in [-0.4, -0.2) is 31.8 Å². The van der Waals surface area contributed by atoms with Crippen LogP contribution in [0.25, 0.3) is 0 Å². The van der Waals surface area contributed by atoms with Crippen molar-refractivity contribution in [3.05, 3.63) is 29.8 Å². The van der Waals surface area contributed by atoms with E-state index >= 15 is 0 Å². The van der Waals surface area contributed by atoms with Crippen LogP contribution in [0.2, 0.25) is 0 Å². The summed E-state index contributed by atoms with van der Waals surface area (Å²) in [7, 11) is 0. The van der Waals surface area contributed by atoms with Gasteiger partial charge in [-0.3, -0.25) is 4.79 Å². The molecule has 0 bridgehead atoms. The van der Waals surface area contributed by atoms with Crippen molar-refractivity contribution in [1.82, 2.24) is 10.6 Å². The van der Waals surface area contributed by atoms with Crippen molar-refractivity contribution >= 4 is 5.91 Å². The molecule has 0 aromatic heterocycles. The third-order valence-electron chi connectivity index (χ3n) is 3.57. The standard InChI is InChI=1S/C15H19F3N2O2/c1-10(20-14(21)12-6-7-19-8-12)11-2-4-13(5-3-11)22-9-15(16,17)18/h2-5,10,12,19H,6-9H2,1H3,(H,20,21). The van der Waals surface area contributed by atoms with Crippen LogP contribution in [0.15, 0.2) is 24.3 Å². The molecule has 2 unspecified atom stereocenters. The minimum atomic E-state index is -4.35. The van der Waals surface area contributed by atoms with Crippen LogP contribution in [0.4, 0.5) is 13.2 Å². The van der Waals surface area contributed by atoms with Gasteiger partial charge in [-0.1, -0.05) is 12.1 Å². The van der Waals surface area contributed by atoms with Crippen LogP contribution >= 0.6 is 0 Å². The third kappa shape index (κ3) is 4.91. The quantitative estimate of drug-likeness (QED) is 0.877. The second-order valence-corrected chi connectivity index (χ2v) is 5.39. The van der Waals surface area contributed by atoms with E-state index in [4.69, 9.17) is 0 Å². The molecular formula is C15H19F3N2O2. The van der Waals surface area contributed by atoms with E-state index in [1.807, 2.05) is 6.92 Å². The van der Waals surface area contributed by atoms with Crippen molar-refractivity contribution in [3.8, 4) is 5.75 Å². The Labute approximate surface area is 127 Å². The predicted molar refractivity (Wildman–Crippen MR) is 75.5 cm³/mol. The Hall–Kier alpha value is -1.76. The summed E-state index contributed by atoms with van der Waals surface area (Å²) in [6.45, 7) is 2.06. The van der Waals surface area contributed by atoms with Crippen molar-refractivity contribution in [3.63, 3.8) is 0 Å². The highest BCUT2D eigenvalue weighted by Crippen LogP contribution is 2.21. The fraction of sp³-hybridized carbons (Fsp3) is 0.533. The fourth-order valence-corrected chi connectivity index (χ4v) is 2.31. The van der Waals surface area contributed by atoms with E-state index in [0.29, 0.717) is 6.54 Å². The van der Waals surface area contributed by atoms with Crippen molar-refractivity contribution in [1.29, 1.82) is 0 Å². The lowest BCUT2D eigenvalue weighted by atomic mass is 10.1. The highest BCUT2D eigenvalue weighted by molar-refractivity contribution is 5.79. The van der Waals surface area contributed by atoms with Gasteiger partial charge < -0.3 is 15.4 Å². The zero-order chi connectivity index (χ0) is 16.2. The summed E-state index contributed by atoms with van der Waals surface area (Å²) >= 11 is 0. The van der Waals surface area contributed by atoms with Gasteiger partial charge in [0.1, 0.15) is 5.75 Å². The maximum absolute atomic E-state index is 12.1. The van der Waals surface area contributed by atoms with Crippen LogP contribution < -0.4 is 15.4 Å². The third-order valence-corrected chi connectivity index (χ3v) is 3.57. The molecule has 1 aliphatic rings. The molecule has 1 saturated heterocycles. The van der Waals surface area contributed by atoms with Gasteiger partial charge in [-0.05, 0) is 37.6 Å². The van der Waals surface area contributed by atoms with Gasteiger partial charge in [-0.2, -0.15) is 13.2 Å². The first-order chi connectivity index (χ1) is 10.3. The number of hydrogen-bond donors (Lipinski definition) is 2. The minimum Gasteiger partial charge on any atom is -0.484 e. The van der Waals surface area contributed by atoms with E-state index in [0.717, 1.165) is 18.5 Å². The average Bonchev–Trinajstić information content (AvgIpc) is 2.99. The van der Waals surface area contributed by atoms with Gasteiger partial charge in [-0.15, -0.1) is 0 Å². The Kier molecular flexibility index (Phi) is 5.28. The van der Waals surface area contributed by atoms with Gasteiger partial charge in [0.25, 0.3) is 0 Å². The molecule has 1 aliphatic heterocycles. The summed E-state index contributed by atoms with van der Waals surface area (Å²) in [5.41, 5.74) is 0.818. The molecule has 0 spiro atoms. The largest absolute Gasteiger partial charge is 0.484 e.